The highest BCUT2D eigenvalue weighted by Crippen LogP contribution is 2.19. The Hall–Kier alpha value is -2.32. The van der Waals surface area contributed by atoms with Crippen molar-refractivity contribution in [3.05, 3.63) is 82.9 Å². The van der Waals surface area contributed by atoms with E-state index in [0.29, 0.717) is 0 Å². The lowest BCUT2D eigenvalue weighted by Gasteiger charge is -2.18. The van der Waals surface area contributed by atoms with Crippen LogP contribution in [0, 0.1) is 0 Å². The van der Waals surface area contributed by atoms with Gasteiger partial charge in [0.25, 0.3) is 0 Å². The highest BCUT2D eigenvalue weighted by Gasteiger charge is 2.13. The summed E-state index contributed by atoms with van der Waals surface area (Å²) >= 11 is 6.21. The van der Waals surface area contributed by atoms with Crippen LogP contribution >= 0.6 is 11.6 Å². The van der Waals surface area contributed by atoms with Crippen LogP contribution in [0.5, 0.6) is 0 Å². The second-order valence-corrected chi connectivity index (χ2v) is 5.48. The average molecular weight is 293 g/mol. The summed E-state index contributed by atoms with van der Waals surface area (Å²) in [5.74, 6) is 0. The van der Waals surface area contributed by atoms with Gasteiger partial charge in [0.15, 0.2) is 5.62 Å². The maximum atomic E-state index is 6.21. The zero-order valence-corrected chi connectivity index (χ0v) is 12.0. The second kappa shape index (κ2) is 4.90. The Labute approximate surface area is 127 Å². The van der Waals surface area contributed by atoms with Gasteiger partial charge in [-0.2, -0.15) is 0 Å². The molecule has 3 aromatic carbocycles. The van der Waals surface area contributed by atoms with Crippen molar-refractivity contribution in [2.75, 3.05) is 0 Å². The number of fused-ring (bicyclic) bond motifs is 2. The molecule has 0 saturated heterocycles. The van der Waals surface area contributed by atoms with E-state index in [9.17, 15) is 0 Å². The van der Waals surface area contributed by atoms with E-state index >= 15 is 0 Å². The summed E-state index contributed by atoms with van der Waals surface area (Å²) in [5, 5.41) is 7.74. The van der Waals surface area contributed by atoms with E-state index in [1.165, 1.54) is 10.8 Å². The van der Waals surface area contributed by atoms with Crippen LogP contribution < -0.4 is 15.9 Å². The van der Waals surface area contributed by atoms with E-state index in [2.05, 4.69) is 58.8 Å². The van der Waals surface area contributed by atoms with Crippen LogP contribution in [0.1, 0.15) is 5.56 Å². The van der Waals surface area contributed by atoms with Crippen molar-refractivity contribution in [1.29, 1.82) is 0 Å². The molecule has 21 heavy (non-hydrogen) atoms. The van der Waals surface area contributed by atoms with Gasteiger partial charge in [-0.15, -0.1) is 0 Å². The zero-order chi connectivity index (χ0) is 14.2. The fourth-order valence-electron chi connectivity index (χ4n) is 2.73. The summed E-state index contributed by atoms with van der Waals surface area (Å²) in [6.07, 6.45) is 0. The van der Waals surface area contributed by atoms with Crippen LogP contribution in [0.25, 0.3) is 16.5 Å². The lowest BCUT2D eigenvalue weighted by atomic mass is 10.0. The molecule has 0 fully saturated rings. The van der Waals surface area contributed by atoms with Crippen molar-refractivity contribution in [2.24, 2.45) is 4.99 Å². The van der Waals surface area contributed by atoms with Crippen molar-refractivity contribution >= 4 is 28.1 Å². The summed E-state index contributed by atoms with van der Waals surface area (Å²) in [7, 11) is 0. The largest absolute Gasteiger partial charge is 0.350 e. The topological polar surface area (TPSA) is 24.4 Å². The van der Waals surface area contributed by atoms with Crippen molar-refractivity contribution in [2.45, 2.75) is 5.62 Å². The molecule has 3 heteroatoms. The quantitative estimate of drug-likeness (QED) is 0.541. The van der Waals surface area contributed by atoms with Crippen LogP contribution in [0.4, 0.5) is 0 Å². The highest BCUT2D eigenvalue weighted by molar-refractivity contribution is 6.20. The van der Waals surface area contributed by atoms with Crippen LogP contribution in [0.3, 0.4) is 0 Å². The summed E-state index contributed by atoms with van der Waals surface area (Å²) in [6.45, 7) is 0. The standard InChI is InChI=1S/C18H13ClN2/c19-18-20-16-8-4-3-7-15(16)17(21-18)14-10-9-12-5-1-2-6-13(12)11-14/h1-11,18,21H. The molecule has 0 aliphatic carbocycles. The second-order valence-electron chi connectivity index (χ2n) is 5.06. The summed E-state index contributed by atoms with van der Waals surface area (Å²) in [5.41, 5.74) is 1.73. The summed E-state index contributed by atoms with van der Waals surface area (Å²) < 4.78 is 0. The Morgan fingerprint density at radius 3 is 2.52 bits per heavy atom. The molecule has 3 aromatic rings. The molecule has 4 rings (SSSR count). The molecule has 0 spiro atoms. The third-order valence-corrected chi connectivity index (χ3v) is 3.93. The Morgan fingerprint density at radius 2 is 1.62 bits per heavy atom. The number of nitrogens with one attached hydrogen (secondary N) is 1. The summed E-state index contributed by atoms with van der Waals surface area (Å²) in [4.78, 5) is 4.42. The number of halogens is 1. The van der Waals surface area contributed by atoms with E-state index in [-0.39, 0.29) is 0 Å². The van der Waals surface area contributed by atoms with Gasteiger partial charge in [-0.1, -0.05) is 66.2 Å². The molecule has 0 amide bonds. The van der Waals surface area contributed by atoms with E-state index in [1.54, 1.807) is 0 Å². The van der Waals surface area contributed by atoms with Crippen LogP contribution in [-0.2, 0) is 0 Å². The first-order valence-electron chi connectivity index (χ1n) is 6.88. The third-order valence-electron chi connectivity index (χ3n) is 3.73. The molecular formula is C18H13ClN2. The summed E-state index contributed by atoms with van der Waals surface area (Å²) in [6, 6.07) is 22.8. The predicted octanol–water partition coefficient (Wildman–Crippen LogP) is 2.74. The molecule has 1 aliphatic rings. The number of benzene rings is 3. The van der Waals surface area contributed by atoms with Gasteiger partial charge >= 0.3 is 0 Å². The van der Waals surface area contributed by atoms with E-state index < -0.39 is 5.62 Å². The van der Waals surface area contributed by atoms with Crippen LogP contribution in [0.2, 0.25) is 0 Å². The van der Waals surface area contributed by atoms with Gasteiger partial charge in [-0.05, 0) is 28.5 Å². The number of hydrogen-bond acceptors (Lipinski definition) is 2. The van der Waals surface area contributed by atoms with Gasteiger partial charge in [0, 0.05) is 5.22 Å². The SMILES string of the molecule is ClC1N=c2ccccc2=C(c2ccc3ccccc3c2)N1. The van der Waals surface area contributed by atoms with Gasteiger partial charge in [-0.3, -0.25) is 0 Å². The molecule has 0 bridgehead atoms. The molecule has 2 nitrogen and oxygen atoms in total. The number of hydrogen-bond donors (Lipinski definition) is 1. The third kappa shape index (κ3) is 2.18. The number of para-hydroxylation sites is 1. The monoisotopic (exact) mass is 292 g/mol. The molecule has 0 radical (unpaired) electrons. The van der Waals surface area contributed by atoms with Crippen LogP contribution in [0.15, 0.2) is 71.7 Å². The van der Waals surface area contributed by atoms with E-state index in [1.807, 2.05) is 18.2 Å². The molecule has 1 unspecified atom stereocenters. The van der Waals surface area contributed by atoms with Gasteiger partial charge in [0.05, 0.1) is 11.1 Å². The smallest absolute Gasteiger partial charge is 0.196 e. The maximum Gasteiger partial charge on any atom is 0.196 e. The van der Waals surface area contributed by atoms with Gasteiger partial charge < -0.3 is 5.32 Å². The molecule has 1 atom stereocenters. The minimum absolute atomic E-state index is 0.429. The number of rotatable bonds is 1. The lowest BCUT2D eigenvalue weighted by molar-refractivity contribution is 0.776. The molecular weight excluding hydrogens is 280 g/mol. The van der Waals surface area contributed by atoms with Crippen molar-refractivity contribution in [3.8, 4) is 0 Å². The van der Waals surface area contributed by atoms with Crippen LogP contribution in [-0.4, -0.2) is 5.62 Å². The molecule has 0 aromatic heterocycles. The fourth-order valence-corrected chi connectivity index (χ4v) is 2.95. The normalized spacial score (nSPS) is 17.0. The number of nitrogens with zero attached hydrogens (tertiary/aromatic N) is 1. The van der Waals surface area contributed by atoms with E-state index in [0.717, 1.165) is 21.8 Å². The first-order chi connectivity index (χ1) is 10.3. The average Bonchev–Trinajstić information content (AvgIpc) is 2.53. The molecule has 1 N–H and O–H groups in total. The first kappa shape index (κ1) is 12.4. The maximum absolute atomic E-state index is 6.21. The molecule has 1 heterocycles. The van der Waals surface area contributed by atoms with Gasteiger partial charge in [-0.25, -0.2) is 4.99 Å². The Balaban J connectivity index is 2.02. The Morgan fingerprint density at radius 1 is 0.857 bits per heavy atom. The fraction of sp³-hybridized carbons (Fsp3) is 0.0556. The number of alkyl halides is 1. The van der Waals surface area contributed by atoms with Crippen molar-refractivity contribution in [1.82, 2.24) is 5.32 Å². The van der Waals surface area contributed by atoms with Crippen molar-refractivity contribution < 1.29 is 0 Å². The minimum Gasteiger partial charge on any atom is -0.350 e. The van der Waals surface area contributed by atoms with Gasteiger partial charge in [0.1, 0.15) is 0 Å². The zero-order valence-electron chi connectivity index (χ0n) is 11.3. The lowest BCUT2D eigenvalue weighted by Crippen LogP contribution is -2.41. The minimum atomic E-state index is -0.429. The molecule has 1 aliphatic heterocycles. The molecule has 0 saturated carbocycles. The first-order valence-corrected chi connectivity index (χ1v) is 7.32. The molecule has 102 valence electrons. The Kier molecular flexibility index (Phi) is 2.90. The Bertz CT molecular complexity index is 947. The highest BCUT2D eigenvalue weighted by atomic mass is 35.5. The van der Waals surface area contributed by atoms with Crippen molar-refractivity contribution in [3.63, 3.8) is 0 Å². The van der Waals surface area contributed by atoms with Gasteiger partial charge in [0.2, 0.25) is 0 Å². The van der Waals surface area contributed by atoms with E-state index in [4.69, 9.17) is 11.6 Å². The predicted molar refractivity (Wildman–Crippen MR) is 86.5 cm³/mol.